The Balaban J connectivity index is 1.99. The lowest BCUT2D eigenvalue weighted by Gasteiger charge is -2.31. The van der Waals surface area contributed by atoms with E-state index in [1.54, 1.807) is 14.2 Å². The zero-order chi connectivity index (χ0) is 20.4. The van der Waals surface area contributed by atoms with Crippen molar-refractivity contribution in [2.45, 2.75) is 32.6 Å². The second kappa shape index (κ2) is 12.2. The summed E-state index contributed by atoms with van der Waals surface area (Å²) in [4.78, 5) is 4.67. The normalized spacial score (nSPS) is 16.5. The Labute approximate surface area is 169 Å². The molecule has 0 aliphatic carbocycles. The zero-order valence-corrected chi connectivity index (χ0v) is 17.7. The van der Waals surface area contributed by atoms with Crippen LogP contribution in [0.4, 0.5) is 0 Å². The number of methoxy groups -OCH3 is 2. The molecule has 0 saturated carbocycles. The highest BCUT2D eigenvalue weighted by Gasteiger charge is 2.17. The van der Waals surface area contributed by atoms with Crippen LogP contribution in [-0.2, 0) is 16.0 Å². The van der Waals surface area contributed by atoms with Crippen LogP contribution in [0, 0.1) is 0 Å². The Morgan fingerprint density at radius 1 is 1.14 bits per heavy atom. The van der Waals surface area contributed by atoms with E-state index in [0.29, 0.717) is 13.2 Å². The Bertz CT molecular complexity index is 564. The van der Waals surface area contributed by atoms with Gasteiger partial charge in [0.15, 0.2) is 11.5 Å². The Hall–Kier alpha value is -1.38. The molecular formula is C21H36N2O5. The quantitative estimate of drug-likeness (QED) is 0.576. The van der Waals surface area contributed by atoms with E-state index in [9.17, 15) is 5.11 Å². The molecule has 0 amide bonds. The lowest BCUT2D eigenvalue weighted by molar-refractivity contribution is -0.0129. The van der Waals surface area contributed by atoms with E-state index in [4.69, 9.17) is 18.9 Å². The number of aliphatic hydroxyl groups is 1. The maximum atomic E-state index is 10.4. The highest BCUT2D eigenvalue weighted by atomic mass is 16.5. The van der Waals surface area contributed by atoms with Crippen LogP contribution >= 0.6 is 0 Å². The van der Waals surface area contributed by atoms with E-state index in [1.807, 2.05) is 32.0 Å². The molecule has 2 rings (SSSR count). The molecule has 0 bridgehead atoms. The van der Waals surface area contributed by atoms with Crippen LogP contribution in [0.15, 0.2) is 18.2 Å². The topological polar surface area (TPSA) is 63.6 Å². The Morgan fingerprint density at radius 3 is 2.50 bits per heavy atom. The van der Waals surface area contributed by atoms with Crippen LogP contribution in [0.25, 0.3) is 0 Å². The predicted molar refractivity (Wildman–Crippen MR) is 109 cm³/mol. The number of rotatable bonds is 12. The molecule has 1 fully saturated rings. The molecule has 7 nitrogen and oxygen atoms in total. The second-order valence-electron chi connectivity index (χ2n) is 7.41. The zero-order valence-electron chi connectivity index (χ0n) is 17.7. The Morgan fingerprint density at radius 2 is 1.86 bits per heavy atom. The molecule has 0 spiro atoms. The van der Waals surface area contributed by atoms with Gasteiger partial charge in [0.1, 0.15) is 0 Å². The predicted octanol–water partition coefficient (Wildman–Crippen LogP) is 1.62. The van der Waals surface area contributed by atoms with Crippen molar-refractivity contribution in [2.75, 3.05) is 66.8 Å². The van der Waals surface area contributed by atoms with Gasteiger partial charge in [-0.25, -0.2) is 0 Å². The third-order valence-electron chi connectivity index (χ3n) is 4.78. The first kappa shape index (κ1) is 22.9. The molecule has 1 atom stereocenters. The van der Waals surface area contributed by atoms with Crippen molar-refractivity contribution < 1.29 is 24.1 Å². The molecule has 0 aromatic heterocycles. The lowest BCUT2D eigenvalue weighted by Crippen LogP contribution is -2.43. The standard InChI is InChI=1S/C21H36N2O5/c1-17(2)28-16-19(24)15-23(8-7-22-9-11-27-12-10-22)14-18-5-6-20(25-3)21(13-18)26-4/h5-6,13,17,19,24H,7-12,14-16H2,1-4H3/t19-/m0/s1. The number of morpholine rings is 1. The van der Waals surface area contributed by atoms with Crippen molar-refractivity contribution >= 4 is 0 Å². The summed E-state index contributed by atoms with van der Waals surface area (Å²) in [6, 6.07) is 5.96. The van der Waals surface area contributed by atoms with Gasteiger partial charge in [-0.2, -0.15) is 0 Å². The highest BCUT2D eigenvalue weighted by Crippen LogP contribution is 2.28. The molecule has 1 N–H and O–H groups in total. The molecule has 1 aliphatic rings. The second-order valence-corrected chi connectivity index (χ2v) is 7.41. The first-order chi connectivity index (χ1) is 13.5. The van der Waals surface area contributed by atoms with E-state index in [2.05, 4.69) is 9.80 Å². The Kier molecular flexibility index (Phi) is 10.0. The number of hydrogen-bond acceptors (Lipinski definition) is 7. The van der Waals surface area contributed by atoms with Crippen molar-refractivity contribution in [3.63, 3.8) is 0 Å². The van der Waals surface area contributed by atoms with E-state index in [0.717, 1.165) is 63.0 Å². The summed E-state index contributed by atoms with van der Waals surface area (Å²) in [5, 5.41) is 10.4. The number of aliphatic hydroxyl groups excluding tert-OH is 1. The third-order valence-corrected chi connectivity index (χ3v) is 4.78. The van der Waals surface area contributed by atoms with Gasteiger partial charge in [-0.05, 0) is 31.5 Å². The monoisotopic (exact) mass is 396 g/mol. The van der Waals surface area contributed by atoms with Crippen LogP contribution in [0.3, 0.4) is 0 Å². The van der Waals surface area contributed by atoms with Crippen molar-refractivity contribution in [2.24, 2.45) is 0 Å². The van der Waals surface area contributed by atoms with Crippen LogP contribution in [0.2, 0.25) is 0 Å². The SMILES string of the molecule is COc1ccc(CN(CCN2CCOCC2)C[C@H](O)COC(C)C)cc1OC. The number of hydrogen-bond donors (Lipinski definition) is 1. The molecule has 0 radical (unpaired) electrons. The third kappa shape index (κ3) is 7.93. The molecular weight excluding hydrogens is 360 g/mol. The van der Waals surface area contributed by atoms with Gasteiger partial charge < -0.3 is 24.1 Å². The average molecular weight is 397 g/mol. The van der Waals surface area contributed by atoms with Gasteiger partial charge in [-0.15, -0.1) is 0 Å². The largest absolute Gasteiger partial charge is 0.493 e. The number of benzene rings is 1. The first-order valence-corrected chi connectivity index (χ1v) is 10.0. The van der Waals surface area contributed by atoms with Gasteiger partial charge >= 0.3 is 0 Å². The fraction of sp³-hybridized carbons (Fsp3) is 0.714. The van der Waals surface area contributed by atoms with Gasteiger partial charge in [-0.1, -0.05) is 6.07 Å². The van der Waals surface area contributed by atoms with Crippen LogP contribution in [0.5, 0.6) is 11.5 Å². The van der Waals surface area contributed by atoms with Crippen molar-refractivity contribution in [3.05, 3.63) is 23.8 Å². The lowest BCUT2D eigenvalue weighted by atomic mass is 10.1. The minimum absolute atomic E-state index is 0.113. The minimum Gasteiger partial charge on any atom is -0.493 e. The minimum atomic E-state index is -0.521. The van der Waals surface area contributed by atoms with Crippen molar-refractivity contribution in [1.29, 1.82) is 0 Å². The van der Waals surface area contributed by atoms with E-state index in [-0.39, 0.29) is 6.10 Å². The van der Waals surface area contributed by atoms with Gasteiger partial charge in [-0.3, -0.25) is 9.80 Å². The van der Waals surface area contributed by atoms with E-state index >= 15 is 0 Å². The molecule has 1 aliphatic heterocycles. The molecule has 1 aromatic carbocycles. The maximum absolute atomic E-state index is 10.4. The summed E-state index contributed by atoms with van der Waals surface area (Å²) >= 11 is 0. The van der Waals surface area contributed by atoms with E-state index < -0.39 is 6.10 Å². The summed E-state index contributed by atoms with van der Waals surface area (Å²) in [6.07, 6.45) is -0.408. The number of ether oxygens (including phenoxy) is 4. The first-order valence-electron chi connectivity index (χ1n) is 10.0. The molecule has 7 heteroatoms. The van der Waals surface area contributed by atoms with Gasteiger partial charge in [0, 0.05) is 39.3 Å². The fourth-order valence-corrected chi connectivity index (χ4v) is 3.23. The van der Waals surface area contributed by atoms with Crippen molar-refractivity contribution in [3.8, 4) is 11.5 Å². The molecule has 0 unspecified atom stereocenters. The summed E-state index contributed by atoms with van der Waals surface area (Å²) in [7, 11) is 3.28. The van der Waals surface area contributed by atoms with Crippen LogP contribution in [-0.4, -0.2) is 93.9 Å². The number of nitrogens with zero attached hydrogens (tertiary/aromatic N) is 2. The van der Waals surface area contributed by atoms with Crippen LogP contribution < -0.4 is 9.47 Å². The van der Waals surface area contributed by atoms with Crippen LogP contribution in [0.1, 0.15) is 19.4 Å². The molecule has 1 heterocycles. The molecule has 1 saturated heterocycles. The molecule has 160 valence electrons. The highest BCUT2D eigenvalue weighted by molar-refractivity contribution is 5.42. The van der Waals surface area contributed by atoms with Gasteiger partial charge in [0.05, 0.1) is 46.2 Å². The van der Waals surface area contributed by atoms with Gasteiger partial charge in [0.25, 0.3) is 0 Å². The fourth-order valence-electron chi connectivity index (χ4n) is 3.23. The molecule has 1 aromatic rings. The van der Waals surface area contributed by atoms with Gasteiger partial charge in [0.2, 0.25) is 0 Å². The summed E-state index contributed by atoms with van der Waals surface area (Å²) in [5.74, 6) is 1.44. The maximum Gasteiger partial charge on any atom is 0.161 e. The smallest absolute Gasteiger partial charge is 0.161 e. The average Bonchev–Trinajstić information content (AvgIpc) is 2.71. The summed E-state index contributed by atoms with van der Waals surface area (Å²) in [5.41, 5.74) is 1.12. The summed E-state index contributed by atoms with van der Waals surface area (Å²) < 4.78 is 21.8. The van der Waals surface area contributed by atoms with E-state index in [1.165, 1.54) is 0 Å². The van der Waals surface area contributed by atoms with Crippen molar-refractivity contribution in [1.82, 2.24) is 9.80 Å². The summed E-state index contributed by atoms with van der Waals surface area (Å²) in [6.45, 7) is 10.9. The molecule has 28 heavy (non-hydrogen) atoms.